The summed E-state index contributed by atoms with van der Waals surface area (Å²) >= 11 is 0. The number of allylic oxidation sites excluding steroid dienone is 1. The predicted molar refractivity (Wildman–Crippen MR) is 69.5 cm³/mol. The van der Waals surface area contributed by atoms with Crippen LogP contribution in [0.1, 0.15) is 43.4 Å². The van der Waals surface area contributed by atoms with Crippen molar-refractivity contribution in [3.63, 3.8) is 0 Å². The largest absolute Gasteiger partial charge is 0.307 e. The van der Waals surface area contributed by atoms with Gasteiger partial charge < -0.3 is 5.32 Å². The normalized spacial score (nSPS) is 17.0. The van der Waals surface area contributed by atoms with E-state index in [9.17, 15) is 4.39 Å². The van der Waals surface area contributed by atoms with Crippen LogP contribution in [0.4, 0.5) is 4.39 Å². The van der Waals surface area contributed by atoms with Crippen molar-refractivity contribution >= 4 is 0 Å². The van der Waals surface area contributed by atoms with Crippen LogP contribution in [0, 0.1) is 12.7 Å². The van der Waals surface area contributed by atoms with Crippen LogP contribution in [0.5, 0.6) is 0 Å². The molecule has 92 valence electrons. The third kappa shape index (κ3) is 2.75. The van der Waals surface area contributed by atoms with E-state index in [0.717, 1.165) is 18.5 Å². The first kappa shape index (κ1) is 12.3. The monoisotopic (exact) mass is 233 g/mol. The van der Waals surface area contributed by atoms with Gasteiger partial charge in [0.2, 0.25) is 0 Å². The highest BCUT2D eigenvalue weighted by Gasteiger charge is 2.19. The van der Waals surface area contributed by atoms with Gasteiger partial charge in [-0.25, -0.2) is 4.39 Å². The molecule has 2 rings (SSSR count). The van der Waals surface area contributed by atoms with Crippen LogP contribution in [-0.4, -0.2) is 6.54 Å². The van der Waals surface area contributed by atoms with E-state index >= 15 is 0 Å². The number of aryl methyl sites for hydroxylation is 1. The third-order valence-electron chi connectivity index (χ3n) is 3.40. The molecule has 0 bridgehead atoms. The summed E-state index contributed by atoms with van der Waals surface area (Å²) in [5.74, 6) is -0.151. The van der Waals surface area contributed by atoms with E-state index in [-0.39, 0.29) is 11.9 Å². The van der Waals surface area contributed by atoms with Crippen LogP contribution in [-0.2, 0) is 0 Å². The van der Waals surface area contributed by atoms with Gasteiger partial charge in [-0.3, -0.25) is 0 Å². The van der Waals surface area contributed by atoms with Gasteiger partial charge in [0, 0.05) is 0 Å². The van der Waals surface area contributed by atoms with Gasteiger partial charge >= 0.3 is 0 Å². The van der Waals surface area contributed by atoms with Crippen LogP contribution in [0.3, 0.4) is 0 Å². The summed E-state index contributed by atoms with van der Waals surface area (Å²) in [6.45, 7) is 5.03. The van der Waals surface area contributed by atoms with Crippen LogP contribution in [0.25, 0.3) is 0 Å². The quantitative estimate of drug-likeness (QED) is 0.778. The van der Waals surface area contributed by atoms with Crippen molar-refractivity contribution in [3.8, 4) is 0 Å². The lowest BCUT2D eigenvalue weighted by atomic mass is 9.94. The summed E-state index contributed by atoms with van der Waals surface area (Å²) in [6, 6.07) is 5.36. The van der Waals surface area contributed by atoms with E-state index in [2.05, 4.69) is 18.3 Å². The van der Waals surface area contributed by atoms with Gasteiger partial charge in [-0.15, -0.1) is 0 Å². The molecule has 1 unspecified atom stereocenters. The summed E-state index contributed by atoms with van der Waals surface area (Å²) in [5.41, 5.74) is 3.70. The molecule has 0 saturated heterocycles. The van der Waals surface area contributed by atoms with Gasteiger partial charge in [-0.1, -0.05) is 24.6 Å². The molecule has 1 N–H and O–H groups in total. The van der Waals surface area contributed by atoms with E-state index in [0.29, 0.717) is 0 Å². The van der Waals surface area contributed by atoms with Gasteiger partial charge in [0.15, 0.2) is 0 Å². The van der Waals surface area contributed by atoms with Crippen molar-refractivity contribution in [2.45, 2.75) is 39.2 Å². The fourth-order valence-corrected chi connectivity index (χ4v) is 2.57. The summed E-state index contributed by atoms with van der Waals surface area (Å²) < 4.78 is 13.1. The van der Waals surface area contributed by atoms with Crippen LogP contribution in [0.15, 0.2) is 29.8 Å². The molecule has 0 fully saturated rings. The molecule has 0 heterocycles. The SMILES string of the molecule is CCNC(C1=CCCC1)c1ccc(F)cc1C. The van der Waals surface area contributed by atoms with E-state index in [1.807, 2.05) is 13.0 Å². The van der Waals surface area contributed by atoms with Gasteiger partial charge in [-0.2, -0.15) is 0 Å². The number of rotatable bonds is 4. The van der Waals surface area contributed by atoms with Crippen molar-refractivity contribution < 1.29 is 4.39 Å². The highest BCUT2D eigenvalue weighted by Crippen LogP contribution is 2.32. The van der Waals surface area contributed by atoms with E-state index in [1.165, 1.54) is 24.0 Å². The Bertz CT molecular complexity index is 423. The van der Waals surface area contributed by atoms with Crippen LogP contribution in [0.2, 0.25) is 0 Å². The zero-order chi connectivity index (χ0) is 12.3. The summed E-state index contributed by atoms with van der Waals surface area (Å²) in [6.07, 6.45) is 5.92. The number of likely N-dealkylation sites (N-methyl/N-ethyl adjacent to an activating group) is 1. The predicted octanol–water partition coefficient (Wildman–Crippen LogP) is 3.90. The number of hydrogen-bond donors (Lipinski definition) is 1. The van der Waals surface area contributed by atoms with Crippen molar-refractivity contribution in [2.75, 3.05) is 6.54 Å². The Morgan fingerprint density at radius 3 is 2.82 bits per heavy atom. The smallest absolute Gasteiger partial charge is 0.123 e. The van der Waals surface area contributed by atoms with E-state index in [4.69, 9.17) is 0 Å². The molecular weight excluding hydrogens is 213 g/mol. The van der Waals surface area contributed by atoms with Crippen molar-refractivity contribution in [1.82, 2.24) is 5.32 Å². The lowest BCUT2D eigenvalue weighted by molar-refractivity contribution is 0.594. The van der Waals surface area contributed by atoms with Crippen molar-refractivity contribution in [1.29, 1.82) is 0 Å². The zero-order valence-electron chi connectivity index (χ0n) is 10.6. The molecule has 1 atom stereocenters. The number of halogens is 1. The molecule has 1 nitrogen and oxygen atoms in total. The van der Waals surface area contributed by atoms with Crippen LogP contribution >= 0.6 is 0 Å². The molecule has 1 aliphatic rings. The van der Waals surface area contributed by atoms with Gasteiger partial charge in [0.25, 0.3) is 0 Å². The van der Waals surface area contributed by atoms with Crippen molar-refractivity contribution in [3.05, 3.63) is 46.8 Å². The molecule has 0 radical (unpaired) electrons. The molecule has 0 amide bonds. The van der Waals surface area contributed by atoms with E-state index in [1.54, 1.807) is 12.1 Å². The Labute approximate surface area is 103 Å². The Morgan fingerprint density at radius 1 is 1.41 bits per heavy atom. The fraction of sp³-hybridized carbons (Fsp3) is 0.467. The maximum absolute atomic E-state index is 13.1. The second kappa shape index (κ2) is 5.46. The Balaban J connectivity index is 2.31. The van der Waals surface area contributed by atoms with Gasteiger partial charge in [0.05, 0.1) is 6.04 Å². The minimum atomic E-state index is -0.151. The first-order valence-corrected chi connectivity index (χ1v) is 6.40. The average molecular weight is 233 g/mol. The number of benzene rings is 1. The van der Waals surface area contributed by atoms with Gasteiger partial charge in [0.1, 0.15) is 5.82 Å². The molecule has 1 aromatic carbocycles. The number of hydrogen-bond acceptors (Lipinski definition) is 1. The molecular formula is C15H20FN. The summed E-state index contributed by atoms with van der Waals surface area (Å²) in [5, 5.41) is 3.51. The molecule has 2 heteroatoms. The third-order valence-corrected chi connectivity index (χ3v) is 3.40. The van der Waals surface area contributed by atoms with Crippen LogP contribution < -0.4 is 5.32 Å². The molecule has 1 aliphatic carbocycles. The molecule has 0 aromatic heterocycles. The lowest BCUT2D eigenvalue weighted by Gasteiger charge is -2.22. The maximum atomic E-state index is 13.1. The minimum absolute atomic E-state index is 0.151. The molecule has 0 aliphatic heterocycles. The molecule has 0 saturated carbocycles. The minimum Gasteiger partial charge on any atom is -0.307 e. The lowest BCUT2D eigenvalue weighted by Crippen LogP contribution is -2.23. The van der Waals surface area contributed by atoms with Gasteiger partial charge in [-0.05, 0) is 56.0 Å². The Hall–Kier alpha value is -1.15. The number of nitrogens with one attached hydrogen (secondary N) is 1. The molecule has 17 heavy (non-hydrogen) atoms. The first-order valence-electron chi connectivity index (χ1n) is 6.40. The molecule has 0 spiro atoms. The summed E-state index contributed by atoms with van der Waals surface area (Å²) in [4.78, 5) is 0. The summed E-state index contributed by atoms with van der Waals surface area (Å²) in [7, 11) is 0. The second-order valence-corrected chi connectivity index (χ2v) is 4.66. The first-order chi connectivity index (χ1) is 8.22. The highest BCUT2D eigenvalue weighted by atomic mass is 19.1. The topological polar surface area (TPSA) is 12.0 Å². The van der Waals surface area contributed by atoms with E-state index < -0.39 is 0 Å². The standard InChI is InChI=1S/C15H20FN/c1-3-17-15(12-6-4-5-7-12)14-9-8-13(16)10-11(14)2/h6,8-10,15,17H,3-5,7H2,1-2H3. The Morgan fingerprint density at radius 2 is 2.24 bits per heavy atom. The Kier molecular flexibility index (Phi) is 3.95. The van der Waals surface area contributed by atoms with Crippen molar-refractivity contribution in [2.24, 2.45) is 0 Å². The average Bonchev–Trinajstić information content (AvgIpc) is 2.80. The zero-order valence-corrected chi connectivity index (χ0v) is 10.6. The maximum Gasteiger partial charge on any atom is 0.123 e. The highest BCUT2D eigenvalue weighted by molar-refractivity contribution is 5.36. The fourth-order valence-electron chi connectivity index (χ4n) is 2.57. The second-order valence-electron chi connectivity index (χ2n) is 4.66. The molecule has 1 aromatic rings.